The van der Waals surface area contributed by atoms with Gasteiger partial charge in [-0.05, 0) is 91.8 Å². The number of hydrogen-bond donors (Lipinski definition) is 0. The summed E-state index contributed by atoms with van der Waals surface area (Å²) in [6.45, 7) is 6.22. The second-order valence-electron chi connectivity index (χ2n) is 8.80. The molecule has 1 aliphatic heterocycles. The smallest absolute Gasteiger partial charge is 0.253 e. The molecular formula is C29H32N2O3. The topological polar surface area (TPSA) is 51.1 Å². The summed E-state index contributed by atoms with van der Waals surface area (Å²) in [5.41, 5.74) is 5.95. The summed E-state index contributed by atoms with van der Waals surface area (Å²) in [6.07, 6.45) is 5.24. The molecule has 0 spiro atoms. The fraction of sp³-hybridized carbons (Fsp3) is 0.310. The normalized spacial score (nSPS) is 13.8. The highest BCUT2D eigenvalue weighted by atomic mass is 16.5. The number of ether oxygens (including phenoxy) is 2. The Labute approximate surface area is 202 Å². The first-order chi connectivity index (χ1) is 16.5. The zero-order valence-electron chi connectivity index (χ0n) is 20.2. The van der Waals surface area contributed by atoms with Crippen LogP contribution in [0.25, 0.3) is 0 Å². The summed E-state index contributed by atoms with van der Waals surface area (Å²) < 4.78 is 11.6. The first-order valence-electron chi connectivity index (χ1n) is 11.8. The molecule has 176 valence electrons. The van der Waals surface area contributed by atoms with E-state index in [-0.39, 0.29) is 5.91 Å². The Hall–Kier alpha value is -3.60. The molecule has 0 bridgehead atoms. The maximum Gasteiger partial charge on any atom is 0.253 e. The van der Waals surface area contributed by atoms with Gasteiger partial charge in [0.2, 0.25) is 0 Å². The number of piperidine rings is 1. The number of nitrogens with zero attached hydrogens (tertiary/aromatic N) is 2. The average molecular weight is 457 g/mol. The molecule has 0 saturated carbocycles. The van der Waals surface area contributed by atoms with Crippen LogP contribution in [0.2, 0.25) is 0 Å². The quantitative estimate of drug-likeness (QED) is 0.394. The summed E-state index contributed by atoms with van der Waals surface area (Å²) in [6, 6.07) is 19.7. The highest BCUT2D eigenvalue weighted by Gasteiger charge is 2.18. The molecule has 1 aliphatic rings. The average Bonchev–Trinajstić information content (AvgIpc) is 2.88. The largest absolute Gasteiger partial charge is 0.493 e. The number of aliphatic imine (C=N–C) groups is 1. The van der Waals surface area contributed by atoms with Crippen molar-refractivity contribution >= 4 is 17.8 Å². The zero-order chi connectivity index (χ0) is 23.9. The third-order valence-corrected chi connectivity index (χ3v) is 6.14. The van der Waals surface area contributed by atoms with E-state index in [0.717, 1.165) is 53.9 Å². The Kier molecular flexibility index (Phi) is 7.63. The summed E-state index contributed by atoms with van der Waals surface area (Å²) >= 11 is 0. The van der Waals surface area contributed by atoms with Gasteiger partial charge in [-0.1, -0.05) is 24.3 Å². The molecule has 5 nitrogen and oxygen atoms in total. The van der Waals surface area contributed by atoms with Gasteiger partial charge >= 0.3 is 0 Å². The van der Waals surface area contributed by atoms with Crippen molar-refractivity contribution in [1.82, 2.24) is 4.90 Å². The minimum absolute atomic E-state index is 0.118. The molecule has 0 aliphatic carbocycles. The van der Waals surface area contributed by atoms with Gasteiger partial charge in [-0.3, -0.25) is 9.79 Å². The molecule has 1 fully saturated rings. The fourth-order valence-corrected chi connectivity index (χ4v) is 4.07. The maximum atomic E-state index is 12.7. The van der Waals surface area contributed by atoms with Crippen LogP contribution in [0.1, 0.15) is 51.9 Å². The summed E-state index contributed by atoms with van der Waals surface area (Å²) in [4.78, 5) is 19.2. The van der Waals surface area contributed by atoms with Crippen LogP contribution in [0.5, 0.6) is 11.5 Å². The van der Waals surface area contributed by atoms with Gasteiger partial charge in [0.25, 0.3) is 5.91 Å². The minimum atomic E-state index is 0.118. The molecular weight excluding hydrogens is 424 g/mol. The lowest BCUT2D eigenvalue weighted by Gasteiger charge is -2.26. The summed E-state index contributed by atoms with van der Waals surface area (Å²) in [5.74, 6) is 1.44. The van der Waals surface area contributed by atoms with Crippen molar-refractivity contribution in [3.05, 3.63) is 88.5 Å². The van der Waals surface area contributed by atoms with Gasteiger partial charge in [-0.15, -0.1) is 0 Å². The monoisotopic (exact) mass is 456 g/mol. The standard InChI is InChI=1S/C29H32N2O3/c1-21-7-8-22(2)26(17-21)30-19-24-11-14-27(28(18-24)33-3)34-20-23-9-12-25(13-10-23)29(32)31-15-5-4-6-16-31/h7-14,17-19H,4-6,15-16,20H2,1-3H3. The molecule has 0 radical (unpaired) electrons. The van der Waals surface area contributed by atoms with E-state index in [4.69, 9.17) is 9.47 Å². The molecule has 3 aromatic rings. The van der Waals surface area contributed by atoms with Crippen LogP contribution >= 0.6 is 0 Å². The van der Waals surface area contributed by atoms with Crippen LogP contribution in [0, 0.1) is 13.8 Å². The van der Waals surface area contributed by atoms with E-state index < -0.39 is 0 Å². The summed E-state index contributed by atoms with van der Waals surface area (Å²) in [7, 11) is 1.63. The van der Waals surface area contributed by atoms with E-state index in [9.17, 15) is 4.79 Å². The number of amides is 1. The number of methoxy groups -OCH3 is 1. The van der Waals surface area contributed by atoms with Crippen LogP contribution in [0.3, 0.4) is 0 Å². The number of carbonyl (C=O) groups excluding carboxylic acids is 1. The molecule has 1 saturated heterocycles. The van der Waals surface area contributed by atoms with Crippen molar-refractivity contribution < 1.29 is 14.3 Å². The third-order valence-electron chi connectivity index (χ3n) is 6.14. The van der Waals surface area contributed by atoms with E-state index in [1.54, 1.807) is 7.11 Å². The Morgan fingerprint density at radius 1 is 0.941 bits per heavy atom. The number of rotatable bonds is 7. The molecule has 0 N–H and O–H groups in total. The molecule has 0 aromatic heterocycles. The molecule has 0 atom stereocenters. The number of benzene rings is 3. The number of likely N-dealkylation sites (tertiary alicyclic amines) is 1. The van der Waals surface area contributed by atoms with Crippen molar-refractivity contribution in [3.63, 3.8) is 0 Å². The molecule has 0 unspecified atom stereocenters. The van der Waals surface area contributed by atoms with Crippen molar-refractivity contribution in [2.45, 2.75) is 39.7 Å². The maximum absolute atomic E-state index is 12.7. The van der Waals surface area contributed by atoms with Gasteiger partial charge in [-0.25, -0.2) is 0 Å². The van der Waals surface area contributed by atoms with E-state index in [1.165, 1.54) is 12.0 Å². The van der Waals surface area contributed by atoms with Gasteiger partial charge in [0.05, 0.1) is 12.8 Å². The van der Waals surface area contributed by atoms with Gasteiger partial charge in [-0.2, -0.15) is 0 Å². The summed E-state index contributed by atoms with van der Waals surface area (Å²) in [5, 5.41) is 0. The van der Waals surface area contributed by atoms with Gasteiger partial charge in [0, 0.05) is 24.9 Å². The molecule has 1 heterocycles. The SMILES string of the molecule is COc1cc(C=Nc2cc(C)ccc2C)ccc1OCc1ccc(C(=O)N2CCCCC2)cc1. The predicted octanol–water partition coefficient (Wildman–Crippen LogP) is 6.27. The van der Waals surface area contributed by atoms with Crippen molar-refractivity contribution in [2.75, 3.05) is 20.2 Å². The van der Waals surface area contributed by atoms with E-state index >= 15 is 0 Å². The third kappa shape index (κ3) is 5.84. The van der Waals surface area contributed by atoms with Gasteiger partial charge in [0.1, 0.15) is 6.61 Å². The Balaban J connectivity index is 1.39. The number of carbonyl (C=O) groups is 1. The van der Waals surface area contributed by atoms with Crippen LogP contribution in [-0.4, -0.2) is 37.2 Å². The highest BCUT2D eigenvalue weighted by molar-refractivity contribution is 5.94. The van der Waals surface area contributed by atoms with Crippen LogP contribution in [-0.2, 0) is 6.61 Å². The van der Waals surface area contributed by atoms with Crippen molar-refractivity contribution in [1.29, 1.82) is 0 Å². The fourth-order valence-electron chi connectivity index (χ4n) is 4.07. The molecule has 3 aromatic carbocycles. The molecule has 5 heteroatoms. The lowest BCUT2D eigenvalue weighted by atomic mass is 10.1. The Morgan fingerprint density at radius 2 is 1.71 bits per heavy atom. The van der Waals surface area contributed by atoms with Crippen LogP contribution in [0.4, 0.5) is 5.69 Å². The zero-order valence-corrected chi connectivity index (χ0v) is 20.2. The first kappa shape index (κ1) is 23.6. The van der Waals surface area contributed by atoms with Crippen LogP contribution < -0.4 is 9.47 Å². The molecule has 34 heavy (non-hydrogen) atoms. The van der Waals surface area contributed by atoms with E-state index in [1.807, 2.05) is 53.6 Å². The highest BCUT2D eigenvalue weighted by Crippen LogP contribution is 2.29. The lowest BCUT2D eigenvalue weighted by molar-refractivity contribution is 0.0724. The van der Waals surface area contributed by atoms with Crippen molar-refractivity contribution in [2.24, 2.45) is 4.99 Å². The Bertz CT molecular complexity index is 1160. The van der Waals surface area contributed by atoms with Crippen molar-refractivity contribution in [3.8, 4) is 11.5 Å². The lowest BCUT2D eigenvalue weighted by Crippen LogP contribution is -2.35. The Morgan fingerprint density at radius 3 is 2.44 bits per heavy atom. The van der Waals surface area contributed by atoms with E-state index in [2.05, 4.69) is 37.0 Å². The predicted molar refractivity (Wildman–Crippen MR) is 137 cm³/mol. The second-order valence-corrected chi connectivity index (χ2v) is 8.80. The minimum Gasteiger partial charge on any atom is -0.493 e. The number of hydrogen-bond acceptors (Lipinski definition) is 4. The van der Waals surface area contributed by atoms with E-state index in [0.29, 0.717) is 18.1 Å². The second kappa shape index (κ2) is 11.0. The van der Waals surface area contributed by atoms with Gasteiger partial charge in [0.15, 0.2) is 11.5 Å². The molecule has 4 rings (SSSR count). The number of aryl methyl sites for hydroxylation is 2. The van der Waals surface area contributed by atoms with Crippen LogP contribution in [0.15, 0.2) is 65.7 Å². The van der Waals surface area contributed by atoms with Gasteiger partial charge < -0.3 is 14.4 Å². The molecule has 1 amide bonds. The first-order valence-corrected chi connectivity index (χ1v) is 11.8.